The molecule has 3 aromatic heterocycles. The van der Waals surface area contributed by atoms with Crippen LogP contribution in [0.15, 0.2) is 63.1 Å². The van der Waals surface area contributed by atoms with E-state index in [1.165, 1.54) is 41.2 Å². The van der Waals surface area contributed by atoms with Crippen LogP contribution in [-0.2, 0) is 11.2 Å². The fourth-order valence-corrected chi connectivity index (χ4v) is 4.65. The van der Waals surface area contributed by atoms with Crippen molar-refractivity contribution < 1.29 is 9.53 Å². The van der Waals surface area contributed by atoms with Gasteiger partial charge in [0.15, 0.2) is 10.3 Å². The van der Waals surface area contributed by atoms with Crippen molar-refractivity contribution in [3.63, 3.8) is 0 Å². The maximum absolute atomic E-state index is 12.6. The number of hydrogen-bond donors (Lipinski definition) is 2. The predicted octanol–water partition coefficient (Wildman–Crippen LogP) is 3.85. The summed E-state index contributed by atoms with van der Waals surface area (Å²) in [6.45, 7) is 1.94. The van der Waals surface area contributed by atoms with Crippen LogP contribution in [0.5, 0.6) is 5.75 Å². The number of carbonyl (C=O) groups is 1. The van der Waals surface area contributed by atoms with E-state index in [0.29, 0.717) is 26.0 Å². The molecule has 0 saturated heterocycles. The van der Waals surface area contributed by atoms with E-state index in [9.17, 15) is 4.79 Å². The smallest absolute Gasteiger partial charge is 0.232 e. The average molecular weight is 472 g/mol. The number of aryl methyl sites for hydroxylation is 1. The number of rotatable bonds is 8. The summed E-state index contributed by atoms with van der Waals surface area (Å²) in [4.78, 5) is 32.1. The second-order valence-corrected chi connectivity index (χ2v) is 9.44. The summed E-state index contributed by atoms with van der Waals surface area (Å²) in [7, 11) is 1.62. The third-order valence-electron chi connectivity index (χ3n) is 3.85. The highest BCUT2D eigenvalue weighted by Crippen LogP contribution is 2.32. The summed E-state index contributed by atoms with van der Waals surface area (Å²) in [6, 6.07) is 7.62. The van der Waals surface area contributed by atoms with Gasteiger partial charge in [-0.3, -0.25) is 9.89 Å². The van der Waals surface area contributed by atoms with E-state index in [-0.39, 0.29) is 12.3 Å². The molecule has 9 nitrogen and oxygen atoms in total. The molecule has 158 valence electrons. The standard InChI is InChI=1S/C19H17N7O2S3/c1-11-8-21-18(29-11)25-15(27)7-14-17(30-13-5-3-12(28-2)4-6-13)20-9-16(24-14)31-19-22-10-23-26-19/h3-6,8-10H,7H2,1-2H3,(H,21,25,27)(H,22,23,26). The quantitative estimate of drug-likeness (QED) is 0.395. The minimum absolute atomic E-state index is 0.0644. The van der Waals surface area contributed by atoms with Crippen molar-refractivity contribution in [1.82, 2.24) is 30.1 Å². The van der Waals surface area contributed by atoms with Gasteiger partial charge in [-0.05, 0) is 43.0 Å². The van der Waals surface area contributed by atoms with Crippen LogP contribution in [0.2, 0.25) is 0 Å². The van der Waals surface area contributed by atoms with Gasteiger partial charge in [0.1, 0.15) is 22.1 Å². The van der Waals surface area contributed by atoms with Gasteiger partial charge >= 0.3 is 0 Å². The SMILES string of the molecule is COc1ccc(Sc2ncc(Sc3ncn[nH]3)nc2CC(=O)Nc2ncc(C)s2)cc1. The molecule has 1 aromatic carbocycles. The van der Waals surface area contributed by atoms with Crippen LogP contribution in [0.1, 0.15) is 10.6 Å². The monoisotopic (exact) mass is 471 g/mol. The second-order valence-electron chi connectivity index (χ2n) is 6.13. The molecular formula is C19H17N7O2S3. The van der Waals surface area contributed by atoms with Gasteiger partial charge in [-0.25, -0.2) is 19.9 Å². The molecule has 2 N–H and O–H groups in total. The van der Waals surface area contributed by atoms with Gasteiger partial charge in [-0.1, -0.05) is 11.8 Å². The number of nitrogens with zero attached hydrogens (tertiary/aromatic N) is 5. The van der Waals surface area contributed by atoms with Crippen molar-refractivity contribution in [2.45, 2.75) is 33.4 Å². The lowest BCUT2D eigenvalue weighted by Gasteiger charge is -2.09. The molecule has 0 radical (unpaired) electrons. The zero-order chi connectivity index (χ0) is 21.6. The number of benzene rings is 1. The fourth-order valence-electron chi connectivity index (χ4n) is 2.47. The molecule has 0 atom stereocenters. The Kier molecular flexibility index (Phi) is 6.79. The normalized spacial score (nSPS) is 10.8. The predicted molar refractivity (Wildman–Crippen MR) is 119 cm³/mol. The van der Waals surface area contributed by atoms with Gasteiger partial charge in [-0.15, -0.1) is 11.3 Å². The third-order valence-corrected chi connectivity index (χ3v) is 6.51. The molecule has 0 fully saturated rings. The Bertz CT molecular complexity index is 1160. The molecule has 0 aliphatic rings. The van der Waals surface area contributed by atoms with Crippen LogP contribution < -0.4 is 10.1 Å². The molecule has 0 saturated carbocycles. The first-order chi connectivity index (χ1) is 15.1. The summed E-state index contributed by atoms with van der Waals surface area (Å²) < 4.78 is 5.21. The summed E-state index contributed by atoms with van der Waals surface area (Å²) >= 11 is 4.15. The molecule has 4 aromatic rings. The number of aromatic amines is 1. The Hall–Kier alpha value is -2.96. The van der Waals surface area contributed by atoms with Crippen LogP contribution in [0.4, 0.5) is 5.13 Å². The van der Waals surface area contributed by atoms with E-state index in [1.54, 1.807) is 19.5 Å². The van der Waals surface area contributed by atoms with Crippen LogP contribution in [0.3, 0.4) is 0 Å². The molecule has 4 rings (SSSR count). The summed E-state index contributed by atoms with van der Waals surface area (Å²) in [5.74, 6) is 0.564. The van der Waals surface area contributed by atoms with Gasteiger partial charge in [0.2, 0.25) is 5.91 Å². The number of hydrogen-bond acceptors (Lipinski definition) is 10. The Morgan fingerprint density at radius 3 is 2.68 bits per heavy atom. The first kappa shape index (κ1) is 21.3. The topological polar surface area (TPSA) is 119 Å². The number of amides is 1. The maximum atomic E-state index is 12.6. The van der Waals surface area contributed by atoms with Gasteiger partial charge in [0, 0.05) is 16.0 Å². The number of ether oxygens (including phenoxy) is 1. The van der Waals surface area contributed by atoms with Gasteiger partial charge in [0.25, 0.3) is 0 Å². The Labute approximate surface area is 190 Å². The minimum atomic E-state index is -0.206. The number of anilines is 1. The Balaban J connectivity index is 1.56. The van der Waals surface area contributed by atoms with Crippen LogP contribution >= 0.6 is 34.9 Å². The Morgan fingerprint density at radius 1 is 1.16 bits per heavy atom. The zero-order valence-corrected chi connectivity index (χ0v) is 19.0. The van der Waals surface area contributed by atoms with E-state index < -0.39 is 0 Å². The number of thiazole rings is 1. The molecule has 0 bridgehead atoms. The highest BCUT2D eigenvalue weighted by molar-refractivity contribution is 7.99. The van der Waals surface area contributed by atoms with Gasteiger partial charge in [0.05, 0.1) is 25.4 Å². The molecule has 1 amide bonds. The third kappa shape index (κ3) is 5.81. The summed E-state index contributed by atoms with van der Waals surface area (Å²) in [5, 5.41) is 11.9. The molecular weight excluding hydrogens is 454 g/mol. The second kappa shape index (κ2) is 9.90. The molecule has 0 unspecified atom stereocenters. The van der Waals surface area contributed by atoms with Crippen molar-refractivity contribution in [3.8, 4) is 5.75 Å². The van der Waals surface area contributed by atoms with Crippen molar-refractivity contribution in [3.05, 3.63) is 53.6 Å². The first-order valence-electron chi connectivity index (χ1n) is 9.02. The average Bonchev–Trinajstić information content (AvgIpc) is 3.42. The number of carbonyl (C=O) groups excluding carboxylic acids is 1. The molecule has 0 spiro atoms. The van der Waals surface area contributed by atoms with E-state index in [1.807, 2.05) is 31.2 Å². The van der Waals surface area contributed by atoms with Gasteiger partial charge < -0.3 is 10.1 Å². The lowest BCUT2D eigenvalue weighted by Crippen LogP contribution is -2.16. The Morgan fingerprint density at radius 2 is 2.00 bits per heavy atom. The van der Waals surface area contributed by atoms with Crippen LogP contribution in [0, 0.1) is 6.92 Å². The molecule has 0 aliphatic heterocycles. The van der Waals surface area contributed by atoms with E-state index >= 15 is 0 Å². The zero-order valence-electron chi connectivity index (χ0n) is 16.5. The largest absolute Gasteiger partial charge is 0.497 e. The number of H-pyrrole nitrogens is 1. The van der Waals surface area contributed by atoms with E-state index in [2.05, 4.69) is 35.5 Å². The number of nitrogens with one attached hydrogen (secondary N) is 2. The van der Waals surface area contributed by atoms with Gasteiger partial charge in [-0.2, -0.15) is 5.10 Å². The number of methoxy groups -OCH3 is 1. The van der Waals surface area contributed by atoms with E-state index in [0.717, 1.165) is 15.5 Å². The molecule has 12 heteroatoms. The van der Waals surface area contributed by atoms with Crippen molar-refractivity contribution >= 4 is 45.9 Å². The van der Waals surface area contributed by atoms with Crippen molar-refractivity contribution in [1.29, 1.82) is 0 Å². The van der Waals surface area contributed by atoms with Crippen LogP contribution in [0.25, 0.3) is 0 Å². The lowest BCUT2D eigenvalue weighted by atomic mass is 10.3. The van der Waals surface area contributed by atoms with E-state index in [4.69, 9.17) is 4.74 Å². The molecule has 0 aliphatic carbocycles. The maximum Gasteiger partial charge on any atom is 0.232 e. The van der Waals surface area contributed by atoms with Crippen LogP contribution in [-0.4, -0.2) is 43.2 Å². The minimum Gasteiger partial charge on any atom is -0.497 e. The molecule has 3 heterocycles. The summed E-state index contributed by atoms with van der Waals surface area (Å²) in [6.07, 6.45) is 4.87. The first-order valence-corrected chi connectivity index (χ1v) is 11.5. The number of aromatic nitrogens is 6. The highest BCUT2D eigenvalue weighted by Gasteiger charge is 2.16. The summed E-state index contributed by atoms with van der Waals surface area (Å²) in [5.41, 5.74) is 0.566. The highest BCUT2D eigenvalue weighted by atomic mass is 32.2. The fraction of sp³-hybridized carbons (Fsp3) is 0.158. The van der Waals surface area contributed by atoms with Crippen molar-refractivity contribution in [2.75, 3.05) is 12.4 Å². The van der Waals surface area contributed by atoms with Crippen molar-refractivity contribution in [2.24, 2.45) is 0 Å². The lowest BCUT2D eigenvalue weighted by molar-refractivity contribution is -0.115. The molecule has 31 heavy (non-hydrogen) atoms.